The number of nitrogens with zero attached hydrogens (tertiary/aromatic N) is 10. The third-order valence-corrected chi connectivity index (χ3v) is 10.9. The smallest absolute Gasteiger partial charge is 0.125 e. The first-order chi connectivity index (χ1) is 34.6. The average molecular weight is 1300 g/mol. The summed E-state index contributed by atoms with van der Waals surface area (Å²) in [7, 11) is 4.08. The molecule has 0 aliphatic carbocycles. The van der Waals surface area contributed by atoms with E-state index < -0.39 is 0 Å². The van der Waals surface area contributed by atoms with Gasteiger partial charge in [0.25, 0.3) is 0 Å². The molecule has 2 aliphatic heterocycles. The molecule has 0 radical (unpaired) electrons. The van der Waals surface area contributed by atoms with Crippen molar-refractivity contribution >= 4 is 91.6 Å². The van der Waals surface area contributed by atoms with E-state index in [4.69, 9.17) is 9.97 Å². The number of anilines is 6. The predicted molar refractivity (Wildman–Crippen MR) is 292 cm³/mol. The minimum Gasteiger partial charge on any atom is -0.502 e. The predicted octanol–water partition coefficient (Wildman–Crippen LogP) is 15.6. The summed E-state index contributed by atoms with van der Waals surface area (Å²) in [5.74, 6) is 1.90. The van der Waals surface area contributed by atoms with Crippen molar-refractivity contribution in [2.45, 2.75) is 0 Å². The van der Waals surface area contributed by atoms with Crippen LogP contribution in [0.15, 0.2) is 241 Å². The zero-order valence-electron chi connectivity index (χ0n) is 39.4. The summed E-state index contributed by atoms with van der Waals surface area (Å²) >= 11 is 0. The number of hydrogen-bond acceptors (Lipinski definition) is 8. The van der Waals surface area contributed by atoms with Crippen LogP contribution in [0.25, 0.3) is 32.4 Å². The molecule has 10 aromatic rings. The first-order valence-electron chi connectivity index (χ1n) is 22.7. The fourth-order valence-electron chi connectivity index (χ4n) is 7.44. The number of fused-ring (bicyclic) bond motifs is 4. The molecular weight excluding hydrogens is 1250 g/mol. The van der Waals surface area contributed by atoms with Crippen LogP contribution in [0.5, 0.6) is 0 Å². The molecule has 4 heterocycles. The number of pyridine rings is 2. The van der Waals surface area contributed by atoms with Crippen molar-refractivity contribution in [1.29, 1.82) is 0 Å². The Bertz CT molecular complexity index is 3040. The number of rotatable bonds is 8. The van der Waals surface area contributed by atoms with E-state index in [1.807, 2.05) is 234 Å². The Labute approximate surface area is 451 Å². The van der Waals surface area contributed by atoms with Crippen LogP contribution in [-0.2, 0) is 42.1 Å². The molecule has 8 aromatic carbocycles. The Morgan fingerprint density at radius 3 is 1.15 bits per heavy atom. The number of aliphatic imine (C=N–C) groups is 2. The molecular formula is C60H48N10Pt2-6. The van der Waals surface area contributed by atoms with Gasteiger partial charge in [0.05, 0.1) is 22.4 Å². The zero-order chi connectivity index (χ0) is 47.7. The van der Waals surface area contributed by atoms with Gasteiger partial charge >= 0.3 is 0 Å². The van der Waals surface area contributed by atoms with Gasteiger partial charge in [-0.25, -0.2) is 9.97 Å². The van der Waals surface area contributed by atoms with Crippen LogP contribution in [0.2, 0.25) is 0 Å². The molecule has 0 fully saturated rings. The molecule has 10 nitrogen and oxygen atoms in total. The molecule has 364 valence electrons. The Balaban J connectivity index is 0.000000141. The first-order valence-corrected chi connectivity index (χ1v) is 22.7. The number of para-hydroxylation sites is 8. The number of aromatic nitrogens is 2. The summed E-state index contributed by atoms with van der Waals surface area (Å²) in [6.07, 6.45) is 3.15. The maximum Gasteiger partial charge on any atom is 0.125 e. The van der Waals surface area contributed by atoms with E-state index >= 15 is 0 Å². The normalized spacial score (nSPS) is 12.0. The molecule has 0 amide bonds. The fraction of sp³-hybridized carbons (Fsp3) is 0.0333. The van der Waals surface area contributed by atoms with Crippen LogP contribution in [-0.4, -0.2) is 36.7 Å². The van der Waals surface area contributed by atoms with Gasteiger partial charge < -0.3 is 40.2 Å². The Morgan fingerprint density at radius 2 is 0.778 bits per heavy atom. The largest absolute Gasteiger partial charge is 0.502 e. The van der Waals surface area contributed by atoms with Gasteiger partial charge in [0, 0.05) is 52.9 Å². The SMILES string of the molecule is C(=Nc1ccccc1)[N-]c1ccccc1.C(=Nc1ccccc1)[N-]c1ccccc1.CN1[CH-]N(c2[c-]cccc2)c2nc3ccccc3cc21.CN1[CH-]N(c2[c-]cccc2)c2nc3ccccc3cc21.[Pt].[Pt]. The van der Waals surface area contributed by atoms with Crippen LogP contribution in [0.4, 0.5) is 57.1 Å². The van der Waals surface area contributed by atoms with Crippen molar-refractivity contribution in [3.05, 3.63) is 267 Å². The molecule has 0 bridgehead atoms. The van der Waals surface area contributed by atoms with Crippen LogP contribution in [0.1, 0.15) is 0 Å². The molecule has 2 aliphatic rings. The topological polar surface area (TPSA) is 91.7 Å². The van der Waals surface area contributed by atoms with Crippen molar-refractivity contribution in [1.82, 2.24) is 9.97 Å². The maximum absolute atomic E-state index is 4.80. The molecule has 12 rings (SSSR count). The van der Waals surface area contributed by atoms with Crippen molar-refractivity contribution in [3.8, 4) is 0 Å². The first kappa shape index (κ1) is 51.9. The van der Waals surface area contributed by atoms with E-state index in [-0.39, 0.29) is 42.1 Å². The van der Waals surface area contributed by atoms with Gasteiger partial charge in [0.1, 0.15) is 11.6 Å². The van der Waals surface area contributed by atoms with Crippen LogP contribution >= 0.6 is 0 Å². The number of benzene rings is 8. The monoisotopic (exact) mass is 1300 g/mol. The van der Waals surface area contributed by atoms with E-state index in [0.717, 1.165) is 78.9 Å². The van der Waals surface area contributed by atoms with E-state index in [9.17, 15) is 0 Å². The second-order valence-corrected chi connectivity index (χ2v) is 15.8. The average Bonchev–Trinajstić information content (AvgIpc) is 3.93. The quantitative estimate of drug-likeness (QED) is 0.0855. The maximum atomic E-state index is 4.80. The minimum atomic E-state index is 0. The van der Waals surface area contributed by atoms with Crippen LogP contribution in [0, 0.1) is 25.5 Å². The van der Waals surface area contributed by atoms with Crippen molar-refractivity contribution in [3.63, 3.8) is 0 Å². The van der Waals surface area contributed by atoms with E-state index in [1.54, 1.807) is 12.7 Å². The van der Waals surface area contributed by atoms with Crippen molar-refractivity contribution < 1.29 is 42.1 Å². The van der Waals surface area contributed by atoms with Gasteiger partial charge in [0.2, 0.25) is 0 Å². The molecule has 12 heteroatoms. The summed E-state index contributed by atoms with van der Waals surface area (Å²) in [4.78, 5) is 26.3. The van der Waals surface area contributed by atoms with E-state index in [0.29, 0.717) is 0 Å². The molecule has 0 saturated heterocycles. The van der Waals surface area contributed by atoms with Crippen LogP contribution < -0.4 is 19.6 Å². The van der Waals surface area contributed by atoms with Crippen LogP contribution in [0.3, 0.4) is 0 Å². The molecule has 0 unspecified atom stereocenters. The van der Waals surface area contributed by atoms with Gasteiger partial charge in [0.15, 0.2) is 0 Å². The van der Waals surface area contributed by atoms with Gasteiger partial charge in [-0.1, -0.05) is 170 Å². The standard InChI is InChI=1S/2C17H13N3.2C13H11N2.2Pt/c2*1-19-12-20(14-8-3-2-4-9-14)17-16(19)11-13-7-5-6-10-15(13)18-17;2*1-3-7-12(8-4-1)14-11-15-13-9-5-2-6-10-13;;/h2*2-8,10-12H,1H3;2*1-11H;;/q2*-2;2*-1;;. The third kappa shape index (κ3) is 13.7. The fourth-order valence-corrected chi connectivity index (χ4v) is 7.44. The van der Waals surface area contributed by atoms with Crippen molar-refractivity contribution in [2.75, 3.05) is 33.7 Å². The third-order valence-electron chi connectivity index (χ3n) is 10.9. The molecule has 72 heavy (non-hydrogen) atoms. The van der Waals surface area contributed by atoms with E-state index in [2.05, 4.69) is 76.6 Å². The molecule has 0 N–H and O–H groups in total. The molecule has 2 aromatic heterocycles. The second kappa shape index (κ2) is 26.3. The Hall–Kier alpha value is -7.90. The Kier molecular flexibility index (Phi) is 19.0. The molecule has 0 atom stereocenters. The summed E-state index contributed by atoms with van der Waals surface area (Å²) in [6, 6.07) is 82.1. The summed E-state index contributed by atoms with van der Waals surface area (Å²) in [5, 5.41) is 10.7. The summed E-state index contributed by atoms with van der Waals surface area (Å²) in [5.41, 5.74) is 9.90. The number of hydrogen-bond donors (Lipinski definition) is 0. The molecule has 0 saturated carbocycles. The summed E-state index contributed by atoms with van der Waals surface area (Å²) in [6.45, 7) is 4.09. The second-order valence-electron chi connectivity index (χ2n) is 15.8. The van der Waals surface area contributed by atoms with Gasteiger partial charge in [-0.05, 0) is 61.1 Å². The van der Waals surface area contributed by atoms with Crippen molar-refractivity contribution in [2.24, 2.45) is 9.98 Å². The zero-order valence-corrected chi connectivity index (χ0v) is 43.9. The minimum absolute atomic E-state index is 0. The van der Waals surface area contributed by atoms with E-state index in [1.165, 1.54) is 0 Å². The van der Waals surface area contributed by atoms with Gasteiger partial charge in [-0.3, -0.25) is 0 Å². The Morgan fingerprint density at radius 1 is 0.431 bits per heavy atom. The van der Waals surface area contributed by atoms with Gasteiger partial charge in [-0.2, -0.15) is 74.0 Å². The summed E-state index contributed by atoms with van der Waals surface area (Å²) < 4.78 is 0. The molecule has 0 spiro atoms. The van der Waals surface area contributed by atoms with Gasteiger partial charge in [-0.15, -0.1) is 11.4 Å².